The summed E-state index contributed by atoms with van der Waals surface area (Å²) in [5.41, 5.74) is 4.83. The van der Waals surface area contributed by atoms with Gasteiger partial charge in [0.1, 0.15) is 5.75 Å². The number of anilines is 2. The standard InChI is InChI=1S/C31H40N4O4/c1-22-27(17-25-18-30(38-3)29(19-28(25)32-22)35-12-15-39-16-13-35)33-31(36)10-9-24-20-34(11-14-37-2)21-26(24)23-7-5-4-6-8-23/h4-8,17-19,24,26H,9-16,20-21H2,1-3H3,(H,33,36)/t24-,26+/m1/s1. The number of methoxy groups -OCH3 is 2. The number of ether oxygens (including phenoxy) is 3. The first kappa shape index (κ1) is 27.4. The van der Waals surface area contributed by atoms with Crippen LogP contribution in [0.25, 0.3) is 10.9 Å². The van der Waals surface area contributed by atoms with Crippen molar-refractivity contribution in [3.05, 3.63) is 59.8 Å². The monoisotopic (exact) mass is 532 g/mol. The van der Waals surface area contributed by atoms with Gasteiger partial charge in [-0.15, -0.1) is 0 Å². The predicted octanol–water partition coefficient (Wildman–Crippen LogP) is 4.47. The summed E-state index contributed by atoms with van der Waals surface area (Å²) in [6, 6.07) is 16.8. The molecule has 0 aliphatic carbocycles. The van der Waals surface area contributed by atoms with Crippen LogP contribution in [0.5, 0.6) is 5.75 Å². The van der Waals surface area contributed by atoms with E-state index in [2.05, 4.69) is 51.5 Å². The molecule has 208 valence electrons. The molecule has 2 fully saturated rings. The third kappa shape index (κ3) is 6.52. The van der Waals surface area contributed by atoms with E-state index in [-0.39, 0.29) is 5.91 Å². The second kappa shape index (κ2) is 12.8. The second-order valence-electron chi connectivity index (χ2n) is 10.6. The van der Waals surface area contributed by atoms with E-state index in [1.54, 1.807) is 14.2 Å². The van der Waals surface area contributed by atoms with Gasteiger partial charge in [0, 0.05) is 57.6 Å². The first-order valence-electron chi connectivity index (χ1n) is 13.9. The fraction of sp³-hybridized carbons (Fsp3) is 0.484. The molecule has 1 amide bonds. The van der Waals surface area contributed by atoms with Crippen molar-refractivity contribution in [3.8, 4) is 5.75 Å². The van der Waals surface area contributed by atoms with E-state index in [0.29, 0.717) is 31.5 Å². The highest BCUT2D eigenvalue weighted by molar-refractivity contribution is 5.95. The lowest BCUT2D eigenvalue weighted by atomic mass is 9.86. The number of aromatic nitrogens is 1. The molecule has 2 saturated heterocycles. The van der Waals surface area contributed by atoms with Gasteiger partial charge in [-0.1, -0.05) is 30.3 Å². The molecule has 3 heterocycles. The van der Waals surface area contributed by atoms with E-state index in [1.807, 2.05) is 19.1 Å². The fourth-order valence-corrected chi connectivity index (χ4v) is 5.89. The third-order valence-corrected chi connectivity index (χ3v) is 8.03. The van der Waals surface area contributed by atoms with Crippen molar-refractivity contribution in [1.29, 1.82) is 0 Å². The molecule has 2 aliphatic heterocycles. The van der Waals surface area contributed by atoms with E-state index < -0.39 is 0 Å². The van der Waals surface area contributed by atoms with Crippen LogP contribution < -0.4 is 15.0 Å². The number of pyridine rings is 1. The molecule has 2 aliphatic rings. The minimum Gasteiger partial charge on any atom is -0.495 e. The summed E-state index contributed by atoms with van der Waals surface area (Å²) in [5.74, 6) is 1.68. The van der Waals surface area contributed by atoms with Crippen LogP contribution >= 0.6 is 0 Å². The Kier molecular flexibility index (Phi) is 8.96. The Morgan fingerprint density at radius 3 is 2.64 bits per heavy atom. The summed E-state index contributed by atoms with van der Waals surface area (Å²) in [6.45, 7) is 8.64. The first-order valence-corrected chi connectivity index (χ1v) is 13.9. The zero-order valence-corrected chi connectivity index (χ0v) is 23.3. The number of amides is 1. The highest BCUT2D eigenvalue weighted by Crippen LogP contribution is 2.36. The number of likely N-dealkylation sites (tertiary alicyclic amines) is 1. The smallest absolute Gasteiger partial charge is 0.224 e. The van der Waals surface area contributed by atoms with Crippen LogP contribution in [0.3, 0.4) is 0 Å². The molecule has 39 heavy (non-hydrogen) atoms. The number of carbonyl (C=O) groups excluding carboxylic acids is 1. The van der Waals surface area contributed by atoms with Gasteiger partial charge in [-0.25, -0.2) is 0 Å². The maximum atomic E-state index is 13.1. The van der Waals surface area contributed by atoms with Crippen molar-refractivity contribution in [2.75, 3.05) is 77.0 Å². The summed E-state index contributed by atoms with van der Waals surface area (Å²) >= 11 is 0. The lowest BCUT2D eigenvalue weighted by molar-refractivity contribution is -0.116. The molecule has 3 aromatic rings. The number of morpholine rings is 1. The Morgan fingerprint density at radius 1 is 1.10 bits per heavy atom. The summed E-state index contributed by atoms with van der Waals surface area (Å²) in [6.07, 6.45) is 1.31. The van der Waals surface area contributed by atoms with Gasteiger partial charge in [-0.3, -0.25) is 9.78 Å². The predicted molar refractivity (Wildman–Crippen MR) is 155 cm³/mol. The minimum absolute atomic E-state index is 0.0262. The van der Waals surface area contributed by atoms with E-state index in [1.165, 1.54) is 5.56 Å². The number of benzene rings is 2. The maximum Gasteiger partial charge on any atom is 0.224 e. The van der Waals surface area contributed by atoms with E-state index in [0.717, 1.165) is 79.5 Å². The van der Waals surface area contributed by atoms with Gasteiger partial charge >= 0.3 is 0 Å². The Hall–Kier alpha value is -3.20. The highest BCUT2D eigenvalue weighted by atomic mass is 16.5. The number of fused-ring (bicyclic) bond motifs is 1. The highest BCUT2D eigenvalue weighted by Gasteiger charge is 2.33. The molecule has 8 nitrogen and oxygen atoms in total. The van der Waals surface area contributed by atoms with Gasteiger partial charge < -0.3 is 29.3 Å². The van der Waals surface area contributed by atoms with Crippen molar-refractivity contribution < 1.29 is 19.0 Å². The lowest BCUT2D eigenvalue weighted by Crippen LogP contribution is -2.36. The van der Waals surface area contributed by atoms with Gasteiger partial charge in [-0.2, -0.15) is 0 Å². The average molecular weight is 533 g/mol. The summed E-state index contributed by atoms with van der Waals surface area (Å²) < 4.78 is 16.5. The molecule has 0 unspecified atom stereocenters. The summed E-state index contributed by atoms with van der Waals surface area (Å²) in [4.78, 5) is 22.7. The van der Waals surface area contributed by atoms with Gasteiger partial charge in [0.05, 0.1) is 49.5 Å². The number of hydrogen-bond donors (Lipinski definition) is 1. The Balaban J connectivity index is 1.27. The van der Waals surface area contributed by atoms with Crippen LogP contribution in [0.4, 0.5) is 11.4 Å². The summed E-state index contributed by atoms with van der Waals surface area (Å²) in [7, 11) is 3.44. The van der Waals surface area contributed by atoms with Crippen LogP contribution in [0, 0.1) is 12.8 Å². The van der Waals surface area contributed by atoms with Crippen molar-refractivity contribution in [1.82, 2.24) is 9.88 Å². The van der Waals surface area contributed by atoms with Crippen LogP contribution in [0.15, 0.2) is 48.5 Å². The van der Waals surface area contributed by atoms with Gasteiger partial charge in [0.25, 0.3) is 0 Å². The van der Waals surface area contributed by atoms with Gasteiger partial charge in [0.15, 0.2) is 0 Å². The van der Waals surface area contributed by atoms with Crippen LogP contribution in [-0.2, 0) is 14.3 Å². The van der Waals surface area contributed by atoms with E-state index in [9.17, 15) is 4.79 Å². The molecular formula is C31H40N4O4. The largest absolute Gasteiger partial charge is 0.495 e. The molecule has 5 rings (SSSR count). The van der Waals surface area contributed by atoms with Gasteiger partial charge in [0.2, 0.25) is 5.91 Å². The zero-order chi connectivity index (χ0) is 27.2. The number of rotatable bonds is 10. The SMILES string of the molecule is COCCN1C[C@@H](CCC(=O)Nc2cc3cc(OC)c(N4CCOCC4)cc3nc2C)[C@H](c2ccccc2)C1. The Morgan fingerprint density at radius 2 is 1.90 bits per heavy atom. The van der Waals surface area contributed by atoms with Gasteiger partial charge in [-0.05, 0) is 43.0 Å². The molecule has 0 radical (unpaired) electrons. The summed E-state index contributed by atoms with van der Waals surface area (Å²) in [5, 5.41) is 4.08. The topological polar surface area (TPSA) is 76.2 Å². The van der Waals surface area contributed by atoms with Crippen molar-refractivity contribution in [3.63, 3.8) is 0 Å². The molecule has 2 aromatic carbocycles. The number of aryl methyl sites for hydroxylation is 1. The second-order valence-corrected chi connectivity index (χ2v) is 10.6. The van der Waals surface area contributed by atoms with E-state index >= 15 is 0 Å². The average Bonchev–Trinajstić information content (AvgIpc) is 3.38. The molecule has 8 heteroatoms. The third-order valence-electron chi connectivity index (χ3n) is 8.03. The van der Waals surface area contributed by atoms with Crippen molar-refractivity contribution >= 4 is 28.2 Å². The van der Waals surface area contributed by atoms with Crippen molar-refractivity contribution in [2.24, 2.45) is 5.92 Å². The Bertz CT molecular complexity index is 1260. The van der Waals surface area contributed by atoms with Crippen molar-refractivity contribution in [2.45, 2.75) is 25.7 Å². The number of nitrogens with zero attached hydrogens (tertiary/aromatic N) is 3. The normalized spacial score (nSPS) is 19.9. The maximum absolute atomic E-state index is 13.1. The first-order chi connectivity index (χ1) is 19.1. The molecular weight excluding hydrogens is 492 g/mol. The quantitative estimate of drug-likeness (QED) is 0.413. The number of carbonyl (C=O) groups is 1. The molecule has 2 atom stereocenters. The minimum atomic E-state index is 0.0262. The molecule has 0 saturated carbocycles. The molecule has 0 spiro atoms. The fourth-order valence-electron chi connectivity index (χ4n) is 5.89. The van der Waals surface area contributed by atoms with E-state index in [4.69, 9.17) is 19.2 Å². The molecule has 1 N–H and O–H groups in total. The number of hydrogen-bond acceptors (Lipinski definition) is 7. The molecule has 0 bridgehead atoms. The lowest BCUT2D eigenvalue weighted by Gasteiger charge is -2.30. The van der Waals surface area contributed by atoms with Crippen LogP contribution in [-0.4, -0.2) is 82.6 Å². The molecule has 1 aromatic heterocycles. The zero-order valence-electron chi connectivity index (χ0n) is 23.3. The van der Waals surface area contributed by atoms with Crippen LogP contribution in [0.2, 0.25) is 0 Å². The van der Waals surface area contributed by atoms with Crippen LogP contribution in [0.1, 0.15) is 30.0 Å². The Labute approximate surface area is 231 Å². The number of nitrogens with one attached hydrogen (secondary N) is 1.